The van der Waals surface area contributed by atoms with Crippen molar-refractivity contribution in [3.63, 3.8) is 0 Å². The van der Waals surface area contributed by atoms with Gasteiger partial charge in [0.25, 0.3) is 0 Å². The third kappa shape index (κ3) is 3.88. The van der Waals surface area contributed by atoms with Gasteiger partial charge in [0, 0.05) is 57.7 Å². The number of aromatic nitrogens is 3. The summed E-state index contributed by atoms with van der Waals surface area (Å²) in [4.78, 5) is 8.75. The molecule has 0 bridgehead atoms. The van der Waals surface area contributed by atoms with Crippen LogP contribution in [-0.2, 0) is 13.6 Å². The van der Waals surface area contributed by atoms with E-state index in [1.807, 2.05) is 38.8 Å². The molecule has 2 aromatic rings. The van der Waals surface area contributed by atoms with Crippen LogP contribution >= 0.6 is 0 Å². The summed E-state index contributed by atoms with van der Waals surface area (Å²) < 4.78 is 15.7. The molecule has 0 amide bonds. The van der Waals surface area contributed by atoms with Crippen LogP contribution in [0.4, 0.5) is 10.2 Å². The van der Waals surface area contributed by atoms with Crippen molar-refractivity contribution >= 4 is 5.82 Å². The van der Waals surface area contributed by atoms with Crippen molar-refractivity contribution in [1.82, 2.24) is 19.7 Å². The monoisotopic (exact) mass is 317 g/mol. The van der Waals surface area contributed by atoms with Crippen molar-refractivity contribution in [2.75, 3.05) is 25.0 Å². The summed E-state index contributed by atoms with van der Waals surface area (Å²) >= 11 is 0. The Hall–Kier alpha value is -1.95. The first kappa shape index (κ1) is 15.9. The van der Waals surface area contributed by atoms with Gasteiger partial charge >= 0.3 is 0 Å². The molecule has 1 aliphatic rings. The van der Waals surface area contributed by atoms with Crippen molar-refractivity contribution in [1.29, 1.82) is 0 Å². The standard InChI is InChI=1S/C17H24FN5/c1-13-4-5-19-17(6-13)21(2)12-16-7-15(18)11-23(16)10-14-8-20-22(3)9-14/h4-6,8-9,15-16H,7,10-12H2,1-3H3/t15-,16-/m0/s1. The summed E-state index contributed by atoms with van der Waals surface area (Å²) in [6.07, 6.45) is 5.50. The molecule has 124 valence electrons. The first-order valence-electron chi connectivity index (χ1n) is 8.00. The zero-order valence-electron chi connectivity index (χ0n) is 14.0. The number of aryl methyl sites for hydroxylation is 2. The summed E-state index contributed by atoms with van der Waals surface area (Å²) in [6.45, 7) is 4.07. The normalized spacial score (nSPS) is 21.7. The third-order valence-electron chi connectivity index (χ3n) is 4.40. The highest BCUT2D eigenvalue weighted by molar-refractivity contribution is 5.39. The van der Waals surface area contributed by atoms with E-state index >= 15 is 0 Å². The van der Waals surface area contributed by atoms with Crippen molar-refractivity contribution in [3.8, 4) is 0 Å². The number of hydrogen-bond acceptors (Lipinski definition) is 4. The maximum Gasteiger partial charge on any atom is 0.128 e. The molecule has 1 aliphatic heterocycles. The fourth-order valence-electron chi connectivity index (χ4n) is 3.23. The fourth-order valence-corrected chi connectivity index (χ4v) is 3.23. The lowest BCUT2D eigenvalue weighted by molar-refractivity contribution is 0.237. The molecule has 0 spiro atoms. The van der Waals surface area contributed by atoms with E-state index in [0.29, 0.717) is 13.0 Å². The minimum Gasteiger partial charge on any atom is -0.358 e. The largest absolute Gasteiger partial charge is 0.358 e. The lowest BCUT2D eigenvalue weighted by atomic mass is 10.2. The first-order valence-corrected chi connectivity index (χ1v) is 8.00. The Morgan fingerprint density at radius 2 is 2.26 bits per heavy atom. The number of halogens is 1. The predicted molar refractivity (Wildman–Crippen MR) is 89.2 cm³/mol. The second-order valence-corrected chi connectivity index (χ2v) is 6.51. The number of rotatable bonds is 5. The highest BCUT2D eigenvalue weighted by Crippen LogP contribution is 2.24. The van der Waals surface area contributed by atoms with Crippen LogP contribution in [0.5, 0.6) is 0 Å². The second-order valence-electron chi connectivity index (χ2n) is 6.51. The molecule has 0 N–H and O–H groups in total. The molecule has 1 fully saturated rings. The molecule has 2 aromatic heterocycles. The Balaban J connectivity index is 1.67. The Morgan fingerprint density at radius 1 is 1.43 bits per heavy atom. The average molecular weight is 317 g/mol. The fraction of sp³-hybridized carbons (Fsp3) is 0.529. The van der Waals surface area contributed by atoms with Crippen LogP contribution in [0.3, 0.4) is 0 Å². The predicted octanol–water partition coefficient (Wildman–Crippen LogP) is 2.17. The van der Waals surface area contributed by atoms with E-state index in [-0.39, 0.29) is 6.04 Å². The number of pyridine rings is 1. The van der Waals surface area contributed by atoms with Crippen LogP contribution in [0, 0.1) is 6.92 Å². The number of alkyl halides is 1. The molecular formula is C17H24FN5. The highest BCUT2D eigenvalue weighted by atomic mass is 19.1. The van der Waals surface area contributed by atoms with Crippen LogP contribution in [0.15, 0.2) is 30.7 Å². The Kier molecular flexibility index (Phi) is 4.61. The average Bonchev–Trinajstić information content (AvgIpc) is 3.05. The number of hydrogen-bond donors (Lipinski definition) is 0. The van der Waals surface area contributed by atoms with Gasteiger partial charge in [0.15, 0.2) is 0 Å². The topological polar surface area (TPSA) is 37.2 Å². The van der Waals surface area contributed by atoms with Gasteiger partial charge in [0.2, 0.25) is 0 Å². The van der Waals surface area contributed by atoms with Crippen LogP contribution in [0.2, 0.25) is 0 Å². The minimum absolute atomic E-state index is 0.192. The van der Waals surface area contributed by atoms with Gasteiger partial charge in [0.1, 0.15) is 12.0 Å². The molecule has 0 unspecified atom stereocenters. The summed E-state index contributed by atoms with van der Waals surface area (Å²) in [7, 11) is 3.93. The maximum absolute atomic E-state index is 14.0. The zero-order valence-corrected chi connectivity index (χ0v) is 14.0. The molecule has 0 aromatic carbocycles. The molecule has 1 saturated heterocycles. The van der Waals surface area contributed by atoms with E-state index < -0.39 is 6.17 Å². The van der Waals surface area contributed by atoms with Gasteiger partial charge < -0.3 is 4.90 Å². The van der Waals surface area contributed by atoms with Crippen molar-refractivity contribution in [3.05, 3.63) is 41.9 Å². The van der Waals surface area contributed by atoms with Gasteiger partial charge in [0.05, 0.1) is 6.20 Å². The second kappa shape index (κ2) is 6.66. The summed E-state index contributed by atoms with van der Waals surface area (Å²) in [5.74, 6) is 0.939. The molecule has 23 heavy (non-hydrogen) atoms. The van der Waals surface area contributed by atoms with E-state index in [1.165, 1.54) is 5.56 Å². The smallest absolute Gasteiger partial charge is 0.128 e. The Morgan fingerprint density at radius 3 is 2.96 bits per heavy atom. The van der Waals surface area contributed by atoms with Gasteiger partial charge in [-0.25, -0.2) is 9.37 Å². The van der Waals surface area contributed by atoms with E-state index in [4.69, 9.17) is 0 Å². The van der Waals surface area contributed by atoms with Crippen LogP contribution < -0.4 is 4.90 Å². The van der Waals surface area contributed by atoms with Gasteiger partial charge in [-0.15, -0.1) is 0 Å². The number of nitrogens with zero attached hydrogens (tertiary/aromatic N) is 5. The van der Waals surface area contributed by atoms with Crippen LogP contribution in [0.25, 0.3) is 0 Å². The molecule has 0 radical (unpaired) electrons. The highest BCUT2D eigenvalue weighted by Gasteiger charge is 2.33. The molecule has 3 rings (SSSR count). The first-order chi connectivity index (χ1) is 11.0. The molecule has 6 heteroatoms. The number of likely N-dealkylation sites (N-methyl/N-ethyl adjacent to an activating group) is 1. The number of likely N-dealkylation sites (tertiary alicyclic amines) is 1. The summed E-state index contributed by atoms with van der Waals surface area (Å²) in [5, 5.41) is 4.20. The number of anilines is 1. The Labute approximate surface area is 136 Å². The summed E-state index contributed by atoms with van der Waals surface area (Å²) in [6, 6.07) is 4.24. The quantitative estimate of drug-likeness (QED) is 0.847. The van der Waals surface area contributed by atoms with Gasteiger partial charge in [-0.05, 0) is 31.0 Å². The Bertz CT molecular complexity index is 656. The van der Waals surface area contributed by atoms with Crippen molar-refractivity contribution < 1.29 is 4.39 Å². The van der Waals surface area contributed by atoms with Crippen molar-refractivity contribution in [2.45, 2.75) is 32.1 Å². The maximum atomic E-state index is 14.0. The van der Waals surface area contributed by atoms with Gasteiger partial charge in [-0.3, -0.25) is 9.58 Å². The lowest BCUT2D eigenvalue weighted by Crippen LogP contribution is -2.38. The lowest BCUT2D eigenvalue weighted by Gasteiger charge is -2.28. The van der Waals surface area contributed by atoms with Gasteiger partial charge in [-0.1, -0.05) is 0 Å². The SMILES string of the molecule is Cc1ccnc(N(C)C[C@@H]2C[C@H](F)CN2Cc2cnn(C)c2)c1. The van der Waals surface area contributed by atoms with E-state index in [2.05, 4.69) is 32.9 Å². The molecule has 5 nitrogen and oxygen atoms in total. The molecule has 0 saturated carbocycles. The molecule has 2 atom stereocenters. The third-order valence-corrected chi connectivity index (χ3v) is 4.40. The van der Waals surface area contributed by atoms with Crippen molar-refractivity contribution in [2.24, 2.45) is 7.05 Å². The van der Waals surface area contributed by atoms with Crippen LogP contribution in [0.1, 0.15) is 17.5 Å². The zero-order chi connectivity index (χ0) is 16.4. The molecule has 0 aliphatic carbocycles. The van der Waals surface area contributed by atoms with E-state index in [0.717, 1.165) is 24.5 Å². The van der Waals surface area contributed by atoms with E-state index in [1.54, 1.807) is 4.68 Å². The summed E-state index contributed by atoms with van der Waals surface area (Å²) in [5.41, 5.74) is 2.31. The van der Waals surface area contributed by atoms with Gasteiger partial charge in [-0.2, -0.15) is 5.10 Å². The molecular weight excluding hydrogens is 293 g/mol. The minimum atomic E-state index is -0.754. The van der Waals surface area contributed by atoms with Crippen LogP contribution in [-0.4, -0.2) is 52.0 Å². The molecule has 3 heterocycles. The van der Waals surface area contributed by atoms with E-state index in [9.17, 15) is 4.39 Å².